The van der Waals surface area contributed by atoms with Crippen molar-refractivity contribution in [2.24, 2.45) is 0 Å². The van der Waals surface area contributed by atoms with E-state index in [1.54, 1.807) is 0 Å². The van der Waals surface area contributed by atoms with Crippen LogP contribution in [0.1, 0.15) is 104 Å². The first-order chi connectivity index (χ1) is 15.1. The quantitative estimate of drug-likeness (QED) is 0.175. The fraction of sp³-hybridized carbons (Fsp3) is 0.962. The van der Waals surface area contributed by atoms with Gasteiger partial charge in [-0.15, -0.1) is 0 Å². The predicted molar refractivity (Wildman–Crippen MR) is 141 cm³/mol. The Morgan fingerprint density at radius 3 is 1.77 bits per heavy atom. The van der Waals surface area contributed by atoms with Crippen LogP contribution in [0.2, 0.25) is 0 Å². The first-order valence-electron chi connectivity index (χ1n) is 13.3. The number of hydrogen-bond donors (Lipinski definition) is 1. The lowest BCUT2D eigenvalue weighted by molar-refractivity contribution is -0.121. The van der Waals surface area contributed by atoms with Crippen molar-refractivity contribution >= 4 is 17.7 Å². The van der Waals surface area contributed by atoms with E-state index in [4.69, 9.17) is 0 Å². The molecule has 0 aromatic heterocycles. The zero-order valence-electron chi connectivity index (χ0n) is 21.6. The molecule has 0 aromatic carbocycles. The number of unbranched alkanes of at least 4 members (excludes halogenated alkanes) is 11. The van der Waals surface area contributed by atoms with Crippen molar-refractivity contribution in [3.05, 3.63) is 0 Å². The molecule has 0 rings (SSSR count). The van der Waals surface area contributed by atoms with Crippen LogP contribution in [-0.2, 0) is 4.79 Å². The number of nitrogens with zero attached hydrogens (tertiary/aromatic N) is 2. The van der Waals surface area contributed by atoms with Gasteiger partial charge >= 0.3 is 0 Å². The summed E-state index contributed by atoms with van der Waals surface area (Å²) in [6.07, 6.45) is 18.1. The zero-order valence-corrected chi connectivity index (χ0v) is 22.4. The van der Waals surface area contributed by atoms with Crippen LogP contribution in [0.4, 0.5) is 0 Å². The summed E-state index contributed by atoms with van der Waals surface area (Å²) in [6.45, 7) is 9.58. The van der Waals surface area contributed by atoms with E-state index in [1.165, 1.54) is 76.4 Å². The van der Waals surface area contributed by atoms with Gasteiger partial charge in [-0.25, -0.2) is 0 Å². The fourth-order valence-corrected chi connectivity index (χ4v) is 4.82. The molecule has 0 bridgehead atoms. The Kier molecular flexibility index (Phi) is 24.2. The highest BCUT2D eigenvalue weighted by atomic mass is 32.2. The standard InChI is InChI=1S/C26H55N3OS/c1-5-7-8-9-10-11-12-13-14-15-16-17-19-27-26(30)18-21-29(20-6-2)23-25-31-24-22-28(3)4/h5-25H2,1-4H3,(H,27,30). The summed E-state index contributed by atoms with van der Waals surface area (Å²) in [4.78, 5) is 16.8. The van der Waals surface area contributed by atoms with E-state index in [9.17, 15) is 4.79 Å². The Morgan fingerprint density at radius 1 is 0.677 bits per heavy atom. The minimum Gasteiger partial charge on any atom is -0.356 e. The van der Waals surface area contributed by atoms with Crippen molar-refractivity contribution in [3.63, 3.8) is 0 Å². The van der Waals surface area contributed by atoms with Gasteiger partial charge in [0.2, 0.25) is 5.91 Å². The molecule has 0 aliphatic rings. The van der Waals surface area contributed by atoms with Gasteiger partial charge in [0.25, 0.3) is 0 Å². The molecule has 0 saturated carbocycles. The molecule has 0 radical (unpaired) electrons. The molecule has 0 fully saturated rings. The average Bonchev–Trinajstić information content (AvgIpc) is 2.74. The van der Waals surface area contributed by atoms with Crippen molar-refractivity contribution in [3.8, 4) is 0 Å². The van der Waals surface area contributed by atoms with Crippen molar-refractivity contribution < 1.29 is 4.79 Å². The number of amides is 1. The third-order valence-corrected chi connectivity index (χ3v) is 6.72. The van der Waals surface area contributed by atoms with E-state index >= 15 is 0 Å². The highest BCUT2D eigenvalue weighted by Crippen LogP contribution is 2.11. The maximum Gasteiger partial charge on any atom is 0.221 e. The van der Waals surface area contributed by atoms with E-state index in [-0.39, 0.29) is 5.91 Å². The van der Waals surface area contributed by atoms with Gasteiger partial charge in [-0.2, -0.15) is 11.8 Å². The molecule has 0 heterocycles. The van der Waals surface area contributed by atoms with Gasteiger partial charge in [0, 0.05) is 44.1 Å². The van der Waals surface area contributed by atoms with E-state index in [0.717, 1.165) is 51.3 Å². The topological polar surface area (TPSA) is 35.6 Å². The second kappa shape index (κ2) is 24.4. The van der Waals surface area contributed by atoms with Crippen LogP contribution < -0.4 is 5.32 Å². The Balaban J connectivity index is 3.51. The van der Waals surface area contributed by atoms with E-state index in [1.807, 2.05) is 11.8 Å². The lowest BCUT2D eigenvalue weighted by Gasteiger charge is -2.21. The molecule has 1 amide bonds. The summed E-state index contributed by atoms with van der Waals surface area (Å²) in [7, 11) is 4.25. The monoisotopic (exact) mass is 457 g/mol. The number of thioether (sulfide) groups is 1. The molecule has 5 heteroatoms. The number of rotatable bonds is 24. The van der Waals surface area contributed by atoms with Gasteiger partial charge in [0.05, 0.1) is 0 Å². The molecule has 0 spiro atoms. The summed E-state index contributed by atoms with van der Waals surface area (Å²) < 4.78 is 0. The van der Waals surface area contributed by atoms with Crippen molar-refractivity contribution in [2.45, 2.75) is 104 Å². The fourth-order valence-electron chi connectivity index (χ4n) is 3.74. The summed E-state index contributed by atoms with van der Waals surface area (Å²) in [5.41, 5.74) is 0. The van der Waals surface area contributed by atoms with Gasteiger partial charge in [0.15, 0.2) is 0 Å². The Morgan fingerprint density at radius 2 is 1.23 bits per heavy atom. The average molecular weight is 458 g/mol. The lowest BCUT2D eigenvalue weighted by Crippen LogP contribution is -2.33. The summed E-state index contributed by atoms with van der Waals surface area (Å²) in [6, 6.07) is 0. The third-order valence-electron chi connectivity index (χ3n) is 5.78. The zero-order chi connectivity index (χ0) is 23.0. The van der Waals surface area contributed by atoms with Crippen LogP contribution in [0.5, 0.6) is 0 Å². The lowest BCUT2D eigenvalue weighted by atomic mass is 10.1. The second-order valence-electron chi connectivity index (χ2n) is 9.25. The van der Waals surface area contributed by atoms with Crippen molar-refractivity contribution in [1.29, 1.82) is 0 Å². The van der Waals surface area contributed by atoms with E-state index in [2.05, 4.69) is 43.1 Å². The minimum absolute atomic E-state index is 0.226. The highest BCUT2D eigenvalue weighted by Gasteiger charge is 2.07. The highest BCUT2D eigenvalue weighted by molar-refractivity contribution is 7.99. The Hall–Kier alpha value is -0.260. The molecule has 0 aromatic rings. The molecule has 31 heavy (non-hydrogen) atoms. The number of carbonyl (C=O) groups excluding carboxylic acids is 1. The van der Waals surface area contributed by atoms with Crippen LogP contribution in [0.25, 0.3) is 0 Å². The van der Waals surface area contributed by atoms with Gasteiger partial charge in [-0.1, -0.05) is 84.5 Å². The number of carbonyl (C=O) groups is 1. The van der Waals surface area contributed by atoms with Crippen LogP contribution in [-0.4, -0.2) is 74.0 Å². The number of hydrogen-bond acceptors (Lipinski definition) is 4. The van der Waals surface area contributed by atoms with Gasteiger partial charge in [-0.3, -0.25) is 4.79 Å². The second-order valence-corrected chi connectivity index (χ2v) is 10.5. The van der Waals surface area contributed by atoms with Gasteiger partial charge in [0.1, 0.15) is 0 Å². The van der Waals surface area contributed by atoms with E-state index in [0.29, 0.717) is 6.42 Å². The molecular formula is C26H55N3OS. The summed E-state index contributed by atoms with van der Waals surface area (Å²) in [5.74, 6) is 2.57. The number of nitrogens with one attached hydrogen (secondary N) is 1. The molecule has 186 valence electrons. The molecule has 4 nitrogen and oxygen atoms in total. The first-order valence-corrected chi connectivity index (χ1v) is 14.5. The molecule has 0 atom stereocenters. The van der Waals surface area contributed by atoms with Crippen LogP contribution in [0.15, 0.2) is 0 Å². The largest absolute Gasteiger partial charge is 0.356 e. The predicted octanol–water partition coefficient (Wildman–Crippen LogP) is 6.20. The summed E-state index contributed by atoms with van der Waals surface area (Å²) >= 11 is 2.02. The van der Waals surface area contributed by atoms with Gasteiger partial charge < -0.3 is 15.1 Å². The SMILES string of the molecule is CCCCCCCCCCCCCCNC(=O)CCN(CCC)CCSCCN(C)C. The Labute approximate surface area is 199 Å². The molecule has 1 N–H and O–H groups in total. The molecule has 0 aliphatic carbocycles. The molecule has 0 unspecified atom stereocenters. The van der Waals surface area contributed by atoms with Crippen molar-refractivity contribution in [1.82, 2.24) is 15.1 Å². The molecular weight excluding hydrogens is 402 g/mol. The van der Waals surface area contributed by atoms with Crippen LogP contribution in [0, 0.1) is 0 Å². The first kappa shape index (κ1) is 30.7. The van der Waals surface area contributed by atoms with Crippen LogP contribution in [0.3, 0.4) is 0 Å². The molecule has 0 saturated heterocycles. The normalized spacial score (nSPS) is 11.5. The third kappa shape index (κ3) is 24.2. The van der Waals surface area contributed by atoms with Gasteiger partial charge in [-0.05, 0) is 33.5 Å². The smallest absolute Gasteiger partial charge is 0.221 e. The maximum atomic E-state index is 12.2. The Bertz CT molecular complexity index is 380. The van der Waals surface area contributed by atoms with E-state index < -0.39 is 0 Å². The maximum absolute atomic E-state index is 12.2. The van der Waals surface area contributed by atoms with Crippen molar-refractivity contribution in [2.75, 3.05) is 58.3 Å². The molecule has 0 aliphatic heterocycles. The minimum atomic E-state index is 0.226. The van der Waals surface area contributed by atoms with Crippen LogP contribution >= 0.6 is 11.8 Å². The summed E-state index contributed by atoms with van der Waals surface area (Å²) in [5, 5.41) is 3.13.